The van der Waals surface area contributed by atoms with Crippen LogP contribution in [0.5, 0.6) is 5.75 Å². The van der Waals surface area contributed by atoms with Crippen molar-refractivity contribution < 1.29 is 19.7 Å². The highest BCUT2D eigenvalue weighted by molar-refractivity contribution is 5.87. The smallest absolute Gasteiger partial charge is 0.335 e. The first kappa shape index (κ1) is 15.5. The molecule has 0 bridgehead atoms. The maximum atomic E-state index is 10.8. The van der Waals surface area contributed by atoms with Gasteiger partial charge in [-0.1, -0.05) is 6.07 Å². The maximum absolute atomic E-state index is 10.8. The second kappa shape index (κ2) is 8.50. The molecule has 1 aromatic carbocycles. The summed E-state index contributed by atoms with van der Waals surface area (Å²) in [5, 5.41) is 21.1. The normalized spacial score (nSPS) is 12.1. The molecule has 5 nitrogen and oxygen atoms in total. The summed E-state index contributed by atoms with van der Waals surface area (Å²) in [5.41, 5.74) is 0.224. The summed E-state index contributed by atoms with van der Waals surface area (Å²) in [5.74, 6) is -0.396. The highest BCUT2D eigenvalue weighted by atomic mass is 16.5. The number of carbonyl (C=O) groups is 1. The Morgan fingerprint density at radius 2 is 2.21 bits per heavy atom. The molecule has 5 heteroatoms. The third-order valence-corrected chi connectivity index (χ3v) is 2.60. The predicted molar refractivity (Wildman–Crippen MR) is 72.7 cm³/mol. The molecule has 3 N–H and O–H groups in total. The molecule has 0 aliphatic rings. The van der Waals surface area contributed by atoms with Gasteiger partial charge in [0.05, 0.1) is 11.7 Å². The predicted octanol–water partition coefficient (Wildman–Crippen LogP) is 1.51. The van der Waals surface area contributed by atoms with Gasteiger partial charge >= 0.3 is 5.97 Å². The summed E-state index contributed by atoms with van der Waals surface area (Å²) in [6.07, 6.45) is 1.46. The van der Waals surface area contributed by atoms with Crippen LogP contribution in [-0.4, -0.2) is 42.0 Å². The van der Waals surface area contributed by atoms with Gasteiger partial charge in [0.15, 0.2) is 0 Å². The molecule has 0 spiro atoms. The molecule has 0 amide bonds. The molecule has 0 aromatic heterocycles. The number of hydrogen-bond acceptors (Lipinski definition) is 4. The van der Waals surface area contributed by atoms with Crippen LogP contribution in [-0.2, 0) is 0 Å². The van der Waals surface area contributed by atoms with Crippen molar-refractivity contribution in [2.45, 2.75) is 25.9 Å². The van der Waals surface area contributed by atoms with E-state index in [1.165, 1.54) is 12.1 Å². The summed E-state index contributed by atoms with van der Waals surface area (Å²) in [4.78, 5) is 10.8. The van der Waals surface area contributed by atoms with Gasteiger partial charge in [0, 0.05) is 6.54 Å². The lowest BCUT2D eigenvalue weighted by Gasteiger charge is -2.08. The molecule has 0 aliphatic carbocycles. The van der Waals surface area contributed by atoms with Crippen LogP contribution in [0.15, 0.2) is 24.3 Å². The second-order valence-electron chi connectivity index (χ2n) is 4.42. The van der Waals surface area contributed by atoms with E-state index < -0.39 is 5.97 Å². The maximum Gasteiger partial charge on any atom is 0.335 e. The minimum absolute atomic E-state index is 0.224. The van der Waals surface area contributed by atoms with Crippen LogP contribution in [0, 0.1) is 0 Å². The number of aliphatic hydroxyl groups excluding tert-OH is 1. The zero-order valence-corrected chi connectivity index (χ0v) is 11.1. The van der Waals surface area contributed by atoms with Gasteiger partial charge in [0.1, 0.15) is 12.4 Å². The van der Waals surface area contributed by atoms with Crippen molar-refractivity contribution in [2.24, 2.45) is 0 Å². The number of nitrogens with one attached hydrogen (secondary N) is 1. The molecule has 0 radical (unpaired) electrons. The molecular formula is C14H21NO4. The van der Waals surface area contributed by atoms with Crippen LogP contribution in [0.4, 0.5) is 0 Å². The summed E-state index contributed by atoms with van der Waals surface area (Å²) < 4.78 is 5.45. The number of hydrogen-bond donors (Lipinski definition) is 3. The van der Waals surface area contributed by atoms with Crippen molar-refractivity contribution in [1.82, 2.24) is 5.32 Å². The molecule has 1 unspecified atom stereocenters. The molecule has 1 atom stereocenters. The fraction of sp³-hybridized carbons (Fsp3) is 0.500. The average Bonchev–Trinajstić information content (AvgIpc) is 2.37. The van der Waals surface area contributed by atoms with Crippen molar-refractivity contribution in [1.29, 1.82) is 0 Å². The highest BCUT2D eigenvalue weighted by Crippen LogP contribution is 2.12. The molecule has 0 heterocycles. The third kappa shape index (κ3) is 6.79. The van der Waals surface area contributed by atoms with Crippen LogP contribution in [0.1, 0.15) is 30.1 Å². The number of rotatable bonds is 9. The topological polar surface area (TPSA) is 78.8 Å². The van der Waals surface area contributed by atoms with Gasteiger partial charge in [0.2, 0.25) is 0 Å². The monoisotopic (exact) mass is 267 g/mol. The summed E-state index contributed by atoms with van der Waals surface area (Å²) in [6, 6.07) is 6.44. The van der Waals surface area contributed by atoms with Gasteiger partial charge < -0.3 is 20.3 Å². The molecule has 0 saturated carbocycles. The van der Waals surface area contributed by atoms with E-state index in [0.717, 1.165) is 19.4 Å². The SMILES string of the molecule is CC(O)CCCNCCOc1cccc(C(=O)O)c1. The zero-order chi connectivity index (χ0) is 14.1. The van der Waals surface area contributed by atoms with Gasteiger partial charge in [-0.3, -0.25) is 0 Å². The van der Waals surface area contributed by atoms with E-state index in [4.69, 9.17) is 14.9 Å². The molecule has 1 rings (SSSR count). The van der Waals surface area contributed by atoms with E-state index in [9.17, 15) is 4.79 Å². The molecule has 106 valence electrons. The zero-order valence-electron chi connectivity index (χ0n) is 11.1. The Morgan fingerprint density at radius 1 is 1.42 bits per heavy atom. The Hall–Kier alpha value is -1.59. The van der Waals surface area contributed by atoms with Gasteiger partial charge in [-0.25, -0.2) is 4.79 Å². The van der Waals surface area contributed by atoms with Crippen molar-refractivity contribution in [3.63, 3.8) is 0 Å². The number of ether oxygens (including phenoxy) is 1. The first-order valence-electron chi connectivity index (χ1n) is 6.44. The molecule has 1 aromatic rings. The highest BCUT2D eigenvalue weighted by Gasteiger charge is 2.03. The summed E-state index contributed by atoms with van der Waals surface area (Å²) >= 11 is 0. The minimum Gasteiger partial charge on any atom is -0.492 e. The fourth-order valence-corrected chi connectivity index (χ4v) is 1.61. The van der Waals surface area contributed by atoms with E-state index in [-0.39, 0.29) is 11.7 Å². The second-order valence-corrected chi connectivity index (χ2v) is 4.42. The number of carboxylic acid groups (broad SMARTS) is 1. The van der Waals surface area contributed by atoms with E-state index in [1.54, 1.807) is 19.1 Å². The Bertz CT molecular complexity index is 393. The third-order valence-electron chi connectivity index (χ3n) is 2.60. The quantitative estimate of drug-likeness (QED) is 0.591. The summed E-state index contributed by atoms with van der Waals surface area (Å²) in [6.45, 7) is 3.79. The molecule has 0 saturated heterocycles. The van der Waals surface area contributed by atoms with Crippen molar-refractivity contribution in [2.75, 3.05) is 19.7 Å². The lowest BCUT2D eigenvalue weighted by Crippen LogP contribution is -2.22. The first-order valence-corrected chi connectivity index (χ1v) is 6.44. The van der Waals surface area contributed by atoms with Gasteiger partial charge in [-0.2, -0.15) is 0 Å². The van der Waals surface area contributed by atoms with Crippen LogP contribution in [0.25, 0.3) is 0 Å². The fourth-order valence-electron chi connectivity index (χ4n) is 1.61. The first-order chi connectivity index (χ1) is 9.09. The summed E-state index contributed by atoms with van der Waals surface area (Å²) in [7, 11) is 0. The largest absolute Gasteiger partial charge is 0.492 e. The number of carboxylic acids is 1. The van der Waals surface area contributed by atoms with Crippen molar-refractivity contribution in [3.8, 4) is 5.75 Å². The van der Waals surface area contributed by atoms with Gasteiger partial charge in [-0.05, 0) is 44.5 Å². The Labute approximate surface area is 113 Å². The Kier molecular flexibility index (Phi) is 6.92. The minimum atomic E-state index is -0.957. The van der Waals surface area contributed by atoms with E-state index in [2.05, 4.69) is 5.32 Å². The van der Waals surface area contributed by atoms with Crippen molar-refractivity contribution in [3.05, 3.63) is 29.8 Å². The van der Waals surface area contributed by atoms with Crippen LogP contribution in [0.3, 0.4) is 0 Å². The number of aromatic carboxylic acids is 1. The van der Waals surface area contributed by atoms with E-state index in [1.807, 2.05) is 0 Å². The van der Waals surface area contributed by atoms with Crippen LogP contribution in [0.2, 0.25) is 0 Å². The van der Waals surface area contributed by atoms with Crippen LogP contribution < -0.4 is 10.1 Å². The number of benzene rings is 1. The average molecular weight is 267 g/mol. The standard InChI is InChI=1S/C14H21NO4/c1-11(16)4-3-7-15-8-9-19-13-6-2-5-12(10-13)14(17)18/h2,5-6,10-11,15-16H,3-4,7-9H2,1H3,(H,17,18). The molecule has 0 fully saturated rings. The molecule has 19 heavy (non-hydrogen) atoms. The lowest BCUT2D eigenvalue weighted by molar-refractivity contribution is 0.0696. The van der Waals surface area contributed by atoms with Crippen LogP contribution >= 0.6 is 0 Å². The number of aliphatic hydroxyl groups is 1. The Morgan fingerprint density at radius 3 is 2.89 bits per heavy atom. The van der Waals surface area contributed by atoms with Gasteiger partial charge in [-0.15, -0.1) is 0 Å². The van der Waals surface area contributed by atoms with E-state index in [0.29, 0.717) is 18.9 Å². The molecular weight excluding hydrogens is 246 g/mol. The molecule has 0 aliphatic heterocycles. The Balaban J connectivity index is 2.15. The van der Waals surface area contributed by atoms with E-state index >= 15 is 0 Å². The lowest BCUT2D eigenvalue weighted by atomic mass is 10.2. The van der Waals surface area contributed by atoms with Gasteiger partial charge in [0.25, 0.3) is 0 Å². The van der Waals surface area contributed by atoms with Crippen molar-refractivity contribution >= 4 is 5.97 Å².